The minimum Gasteiger partial charge on any atom is -0.399 e. The molecule has 1 saturated carbocycles. The van der Waals surface area contributed by atoms with Crippen molar-refractivity contribution >= 4 is 5.91 Å². The highest BCUT2D eigenvalue weighted by atomic mass is 16.5. The Kier molecular flexibility index (Phi) is 5.01. The number of carbonyl (C=O) groups is 1. The molecule has 3 rings (SSSR count). The van der Waals surface area contributed by atoms with Gasteiger partial charge in [0.1, 0.15) is 0 Å². The number of nitrogens with zero attached hydrogens (tertiary/aromatic N) is 2. The highest BCUT2D eigenvalue weighted by Crippen LogP contribution is 2.25. The number of aliphatic hydroxyl groups is 1. The Labute approximate surface area is 145 Å². The number of hydrazine groups is 1. The van der Waals surface area contributed by atoms with Crippen LogP contribution in [-0.4, -0.2) is 39.9 Å². The fourth-order valence-corrected chi connectivity index (χ4v) is 2.67. The lowest BCUT2D eigenvalue weighted by Gasteiger charge is -2.40. The number of benzene rings is 1. The van der Waals surface area contributed by atoms with Crippen molar-refractivity contribution in [1.29, 1.82) is 0 Å². The molecule has 6 N–H and O–H groups in total. The molecule has 1 amide bonds. The molecule has 0 bridgehead atoms. The van der Waals surface area contributed by atoms with Gasteiger partial charge >= 0.3 is 0 Å². The van der Waals surface area contributed by atoms with Gasteiger partial charge in [0.15, 0.2) is 11.5 Å². The smallest absolute Gasteiger partial charge is 0.273 e. The summed E-state index contributed by atoms with van der Waals surface area (Å²) in [6.07, 6.45) is 2.90. The maximum Gasteiger partial charge on any atom is 0.273 e. The molecule has 1 heterocycles. The van der Waals surface area contributed by atoms with Crippen LogP contribution in [0, 0.1) is 0 Å². The van der Waals surface area contributed by atoms with E-state index in [0.717, 1.165) is 5.56 Å². The fraction of sp³-hybridized carbons (Fsp3) is 0.294. The van der Waals surface area contributed by atoms with Crippen LogP contribution in [0.25, 0.3) is 11.3 Å². The van der Waals surface area contributed by atoms with Crippen LogP contribution in [-0.2, 0) is 0 Å². The molecule has 8 nitrogen and oxygen atoms in total. The standard InChI is InChI=1S/C17H21N5O3/c18-12(10-23)9-22(19)14-6-13(7-14)20-17(24)15-8-16(25-21-15)11-4-2-1-3-5-11/h1-5,8-9,13-14,23H,6-7,10,18-19H2,(H,20,24)/b12-9-. The van der Waals surface area contributed by atoms with E-state index in [4.69, 9.17) is 21.2 Å². The second-order valence-electron chi connectivity index (χ2n) is 6.05. The van der Waals surface area contributed by atoms with Crippen molar-refractivity contribution in [1.82, 2.24) is 15.5 Å². The molecular formula is C17H21N5O3. The normalized spacial score (nSPS) is 20.0. The maximum absolute atomic E-state index is 12.2. The number of amides is 1. The zero-order chi connectivity index (χ0) is 17.8. The molecule has 0 saturated heterocycles. The minimum absolute atomic E-state index is 0.0178. The number of carbonyl (C=O) groups excluding carboxylic acids is 1. The summed E-state index contributed by atoms with van der Waals surface area (Å²) in [4.78, 5) is 12.2. The third kappa shape index (κ3) is 3.98. The van der Waals surface area contributed by atoms with Gasteiger partial charge in [0.05, 0.1) is 12.3 Å². The number of hydrogen-bond acceptors (Lipinski definition) is 7. The number of hydrogen-bond donors (Lipinski definition) is 4. The van der Waals surface area contributed by atoms with Crippen LogP contribution in [0.5, 0.6) is 0 Å². The van der Waals surface area contributed by atoms with Crippen molar-refractivity contribution in [2.24, 2.45) is 11.6 Å². The van der Waals surface area contributed by atoms with Gasteiger partial charge in [0, 0.05) is 29.9 Å². The Bertz CT molecular complexity index is 753. The van der Waals surface area contributed by atoms with Crippen LogP contribution in [0.15, 0.2) is 52.8 Å². The third-order valence-corrected chi connectivity index (χ3v) is 4.17. The summed E-state index contributed by atoms with van der Waals surface area (Å²) in [6.45, 7) is -0.240. The monoisotopic (exact) mass is 343 g/mol. The van der Waals surface area contributed by atoms with Gasteiger partial charge in [0.25, 0.3) is 5.91 Å². The summed E-state index contributed by atoms with van der Waals surface area (Å²) < 4.78 is 5.24. The molecule has 0 unspecified atom stereocenters. The summed E-state index contributed by atoms with van der Waals surface area (Å²) in [5, 5.41) is 17.1. The van der Waals surface area contributed by atoms with Crippen LogP contribution < -0.4 is 16.9 Å². The van der Waals surface area contributed by atoms with Gasteiger partial charge in [-0.25, -0.2) is 5.84 Å². The van der Waals surface area contributed by atoms with Crippen LogP contribution in [0.2, 0.25) is 0 Å². The third-order valence-electron chi connectivity index (χ3n) is 4.17. The van der Waals surface area contributed by atoms with Gasteiger partial charge in [-0.05, 0) is 12.8 Å². The first kappa shape index (κ1) is 17.0. The van der Waals surface area contributed by atoms with Crippen LogP contribution >= 0.6 is 0 Å². The molecule has 2 aromatic rings. The van der Waals surface area contributed by atoms with Crippen molar-refractivity contribution in [3.05, 3.63) is 54.0 Å². The molecular weight excluding hydrogens is 322 g/mol. The zero-order valence-electron chi connectivity index (χ0n) is 13.6. The predicted octanol–water partition coefficient (Wildman–Crippen LogP) is 0.571. The van der Waals surface area contributed by atoms with E-state index in [2.05, 4.69) is 10.5 Å². The molecule has 8 heteroatoms. The fourth-order valence-electron chi connectivity index (χ4n) is 2.67. The Morgan fingerprint density at radius 2 is 2.12 bits per heavy atom. The van der Waals surface area contributed by atoms with Crippen LogP contribution in [0.3, 0.4) is 0 Å². The summed E-state index contributed by atoms with van der Waals surface area (Å²) in [6, 6.07) is 11.2. The van der Waals surface area contributed by atoms with E-state index < -0.39 is 0 Å². The topological polar surface area (TPSA) is 131 Å². The van der Waals surface area contributed by atoms with Gasteiger partial charge in [-0.15, -0.1) is 0 Å². The van der Waals surface area contributed by atoms with Crippen molar-refractivity contribution in [2.75, 3.05) is 6.61 Å². The molecule has 1 aromatic heterocycles. The molecule has 0 aliphatic heterocycles. The van der Waals surface area contributed by atoms with E-state index in [1.54, 1.807) is 6.07 Å². The molecule has 0 spiro atoms. The number of aromatic nitrogens is 1. The second kappa shape index (κ2) is 7.37. The Morgan fingerprint density at radius 1 is 1.40 bits per heavy atom. The first-order valence-corrected chi connectivity index (χ1v) is 8.00. The average Bonchev–Trinajstić information content (AvgIpc) is 3.08. The number of aliphatic hydroxyl groups excluding tert-OH is 1. The van der Waals surface area contributed by atoms with E-state index in [9.17, 15) is 4.79 Å². The SMILES string of the molecule is N/C(=C\N(N)C1CC(NC(=O)c2cc(-c3ccccc3)on2)C1)CO. The van der Waals surface area contributed by atoms with Crippen molar-refractivity contribution in [2.45, 2.75) is 24.9 Å². The van der Waals surface area contributed by atoms with E-state index in [-0.39, 0.29) is 30.3 Å². The van der Waals surface area contributed by atoms with Crippen molar-refractivity contribution in [3.8, 4) is 11.3 Å². The summed E-state index contributed by atoms with van der Waals surface area (Å²) in [7, 11) is 0. The van der Waals surface area contributed by atoms with Crippen LogP contribution in [0.1, 0.15) is 23.3 Å². The van der Waals surface area contributed by atoms with E-state index in [0.29, 0.717) is 24.3 Å². The lowest BCUT2D eigenvalue weighted by atomic mass is 9.86. The maximum atomic E-state index is 12.2. The van der Waals surface area contributed by atoms with Crippen molar-refractivity contribution < 1.29 is 14.4 Å². The molecule has 25 heavy (non-hydrogen) atoms. The first-order chi connectivity index (χ1) is 12.1. The van der Waals surface area contributed by atoms with Gasteiger partial charge in [-0.2, -0.15) is 0 Å². The number of rotatable bonds is 6. The van der Waals surface area contributed by atoms with E-state index >= 15 is 0 Å². The predicted molar refractivity (Wildman–Crippen MR) is 91.6 cm³/mol. The van der Waals surface area contributed by atoms with Gasteiger partial charge in [-0.3, -0.25) is 4.79 Å². The largest absolute Gasteiger partial charge is 0.399 e. The Balaban J connectivity index is 1.52. The molecule has 1 aromatic carbocycles. The molecule has 1 aliphatic rings. The van der Waals surface area contributed by atoms with E-state index in [1.807, 2.05) is 30.3 Å². The summed E-state index contributed by atoms with van der Waals surface area (Å²) in [5.41, 5.74) is 6.94. The number of nitrogens with two attached hydrogens (primary N) is 2. The summed E-state index contributed by atoms with van der Waals surface area (Å²) >= 11 is 0. The summed E-state index contributed by atoms with van der Waals surface area (Å²) in [5.74, 6) is 6.13. The van der Waals surface area contributed by atoms with Gasteiger partial charge < -0.3 is 25.7 Å². The zero-order valence-corrected chi connectivity index (χ0v) is 13.6. The van der Waals surface area contributed by atoms with Crippen molar-refractivity contribution in [3.63, 3.8) is 0 Å². The molecule has 1 aliphatic carbocycles. The Hall–Kier alpha value is -2.84. The molecule has 1 fully saturated rings. The minimum atomic E-state index is -0.275. The second-order valence-corrected chi connectivity index (χ2v) is 6.05. The molecule has 0 atom stereocenters. The Morgan fingerprint density at radius 3 is 2.80 bits per heavy atom. The first-order valence-electron chi connectivity index (χ1n) is 8.00. The van der Waals surface area contributed by atoms with Crippen LogP contribution in [0.4, 0.5) is 0 Å². The van der Waals surface area contributed by atoms with Gasteiger partial charge in [-0.1, -0.05) is 35.5 Å². The highest BCUT2D eigenvalue weighted by Gasteiger charge is 2.33. The van der Waals surface area contributed by atoms with Gasteiger partial charge in [0.2, 0.25) is 0 Å². The quantitative estimate of drug-likeness (QED) is 0.445. The lowest BCUT2D eigenvalue weighted by molar-refractivity contribution is 0.0839. The highest BCUT2D eigenvalue weighted by molar-refractivity contribution is 5.93. The molecule has 0 radical (unpaired) electrons. The molecule has 132 valence electrons. The van der Waals surface area contributed by atoms with E-state index in [1.165, 1.54) is 11.2 Å². The lowest BCUT2D eigenvalue weighted by Crippen LogP contribution is -2.54. The average molecular weight is 343 g/mol. The number of nitrogens with one attached hydrogen (secondary N) is 1.